The zero-order valence-electron chi connectivity index (χ0n) is 18.2. The van der Waals surface area contributed by atoms with Gasteiger partial charge < -0.3 is 9.80 Å². The molecule has 1 aliphatic rings. The Morgan fingerprint density at radius 1 is 1.00 bits per heavy atom. The topological polar surface area (TPSA) is 71.0 Å². The van der Waals surface area contributed by atoms with E-state index >= 15 is 0 Å². The minimum atomic E-state index is -0.101. The molecule has 4 aromatic heterocycles. The van der Waals surface area contributed by atoms with Crippen LogP contribution >= 0.6 is 0 Å². The molecule has 8 nitrogen and oxygen atoms in total. The Kier molecular flexibility index (Phi) is 4.94. The second-order valence-corrected chi connectivity index (χ2v) is 8.28. The first-order valence-electron chi connectivity index (χ1n) is 10.8. The third kappa shape index (κ3) is 3.67. The standard InChI is InChI=1S/C23H27N7O/c1-4-18-21-12-20(26-30(21)14-16(2)24-18)19-13-23(31)29-15-17(6-7-22(29)25-19)28-9-5-8-27(3)10-11-28/h6-7,12-15H,4-5,8-11H2,1-3H3. The van der Waals surface area contributed by atoms with Gasteiger partial charge in [0.1, 0.15) is 11.3 Å². The molecule has 8 heteroatoms. The summed E-state index contributed by atoms with van der Waals surface area (Å²) in [6.45, 7) is 8.10. The van der Waals surface area contributed by atoms with E-state index in [0.717, 1.165) is 61.6 Å². The largest absolute Gasteiger partial charge is 0.369 e. The van der Waals surface area contributed by atoms with Crippen LogP contribution in [0.5, 0.6) is 0 Å². The lowest BCUT2D eigenvalue weighted by Crippen LogP contribution is -2.29. The molecule has 1 saturated heterocycles. The number of likely N-dealkylation sites (N-methyl/N-ethyl adjacent to an activating group) is 1. The second kappa shape index (κ2) is 7.77. The highest BCUT2D eigenvalue weighted by Crippen LogP contribution is 2.21. The van der Waals surface area contributed by atoms with Crippen LogP contribution in [0.1, 0.15) is 24.7 Å². The van der Waals surface area contributed by atoms with E-state index in [9.17, 15) is 4.79 Å². The van der Waals surface area contributed by atoms with Crippen molar-refractivity contribution in [3.8, 4) is 11.4 Å². The fourth-order valence-electron chi connectivity index (χ4n) is 4.28. The minimum Gasteiger partial charge on any atom is -0.369 e. The number of aryl methyl sites for hydroxylation is 2. The molecular weight excluding hydrogens is 390 g/mol. The van der Waals surface area contributed by atoms with Crippen LogP contribution < -0.4 is 10.5 Å². The molecule has 0 aliphatic carbocycles. The monoisotopic (exact) mass is 417 g/mol. The molecule has 0 aromatic carbocycles. The molecule has 0 atom stereocenters. The molecule has 1 aliphatic heterocycles. The number of hydrogen-bond acceptors (Lipinski definition) is 6. The van der Waals surface area contributed by atoms with Crippen molar-refractivity contribution in [1.29, 1.82) is 0 Å². The van der Waals surface area contributed by atoms with Gasteiger partial charge in [-0.05, 0) is 51.6 Å². The molecule has 5 rings (SSSR count). The van der Waals surface area contributed by atoms with E-state index in [2.05, 4.69) is 39.9 Å². The fraction of sp³-hybridized carbons (Fsp3) is 0.391. The van der Waals surface area contributed by atoms with Crippen LogP contribution in [0.15, 0.2) is 41.5 Å². The number of nitrogens with zero attached hydrogens (tertiary/aromatic N) is 7. The molecule has 31 heavy (non-hydrogen) atoms. The van der Waals surface area contributed by atoms with Gasteiger partial charge in [-0.25, -0.2) is 9.50 Å². The minimum absolute atomic E-state index is 0.101. The summed E-state index contributed by atoms with van der Waals surface area (Å²) >= 11 is 0. The summed E-state index contributed by atoms with van der Waals surface area (Å²) in [5.41, 5.74) is 5.70. The highest BCUT2D eigenvalue weighted by molar-refractivity contribution is 5.66. The summed E-state index contributed by atoms with van der Waals surface area (Å²) in [4.78, 5) is 27.0. The Hall–Kier alpha value is -3.26. The van der Waals surface area contributed by atoms with E-state index < -0.39 is 0 Å². The van der Waals surface area contributed by atoms with Crippen molar-refractivity contribution in [2.24, 2.45) is 0 Å². The lowest BCUT2D eigenvalue weighted by molar-refractivity contribution is 0.360. The summed E-state index contributed by atoms with van der Waals surface area (Å²) in [6, 6.07) is 7.52. The third-order valence-electron chi connectivity index (χ3n) is 5.98. The number of hydrogen-bond donors (Lipinski definition) is 0. The zero-order valence-corrected chi connectivity index (χ0v) is 18.2. The van der Waals surface area contributed by atoms with Gasteiger partial charge in [0.25, 0.3) is 5.56 Å². The van der Waals surface area contributed by atoms with E-state index in [1.807, 2.05) is 36.0 Å². The van der Waals surface area contributed by atoms with Crippen LogP contribution in [0.2, 0.25) is 0 Å². The maximum Gasteiger partial charge on any atom is 0.258 e. The Balaban J connectivity index is 1.55. The van der Waals surface area contributed by atoms with Gasteiger partial charge in [-0.3, -0.25) is 14.2 Å². The summed E-state index contributed by atoms with van der Waals surface area (Å²) in [5, 5.41) is 4.66. The van der Waals surface area contributed by atoms with Crippen molar-refractivity contribution < 1.29 is 0 Å². The lowest BCUT2D eigenvalue weighted by Gasteiger charge is -2.23. The van der Waals surface area contributed by atoms with Gasteiger partial charge in [0.2, 0.25) is 0 Å². The predicted molar refractivity (Wildman–Crippen MR) is 122 cm³/mol. The van der Waals surface area contributed by atoms with Crippen LogP contribution in [0.25, 0.3) is 22.6 Å². The molecule has 5 heterocycles. The second-order valence-electron chi connectivity index (χ2n) is 8.28. The molecule has 0 saturated carbocycles. The molecule has 4 aromatic rings. The van der Waals surface area contributed by atoms with Crippen molar-refractivity contribution in [2.45, 2.75) is 26.7 Å². The van der Waals surface area contributed by atoms with E-state index in [-0.39, 0.29) is 5.56 Å². The molecule has 160 valence electrons. The summed E-state index contributed by atoms with van der Waals surface area (Å²) < 4.78 is 3.46. The first kappa shape index (κ1) is 19.7. The molecule has 0 bridgehead atoms. The number of fused-ring (bicyclic) bond motifs is 2. The van der Waals surface area contributed by atoms with Gasteiger partial charge in [0.05, 0.1) is 34.5 Å². The molecule has 0 unspecified atom stereocenters. The molecular formula is C23H27N7O. The van der Waals surface area contributed by atoms with Crippen LogP contribution in [-0.4, -0.2) is 62.1 Å². The quantitative estimate of drug-likeness (QED) is 0.510. The summed E-state index contributed by atoms with van der Waals surface area (Å²) in [6.07, 6.45) is 5.74. The van der Waals surface area contributed by atoms with Crippen LogP contribution in [-0.2, 0) is 6.42 Å². The van der Waals surface area contributed by atoms with E-state index in [1.54, 1.807) is 10.5 Å². The number of pyridine rings is 1. The van der Waals surface area contributed by atoms with Crippen molar-refractivity contribution in [3.05, 3.63) is 58.4 Å². The van der Waals surface area contributed by atoms with E-state index in [0.29, 0.717) is 17.0 Å². The maximum atomic E-state index is 13.0. The lowest BCUT2D eigenvalue weighted by atomic mass is 10.2. The van der Waals surface area contributed by atoms with Gasteiger partial charge in [-0.15, -0.1) is 0 Å². The van der Waals surface area contributed by atoms with Crippen molar-refractivity contribution >= 4 is 16.9 Å². The third-order valence-corrected chi connectivity index (χ3v) is 5.98. The van der Waals surface area contributed by atoms with Gasteiger partial charge in [-0.2, -0.15) is 5.10 Å². The zero-order chi connectivity index (χ0) is 21.5. The fourth-order valence-corrected chi connectivity index (χ4v) is 4.28. The molecule has 0 radical (unpaired) electrons. The van der Waals surface area contributed by atoms with E-state index in [4.69, 9.17) is 4.98 Å². The van der Waals surface area contributed by atoms with Crippen molar-refractivity contribution in [2.75, 3.05) is 38.1 Å². The van der Waals surface area contributed by atoms with Gasteiger partial charge >= 0.3 is 0 Å². The van der Waals surface area contributed by atoms with Crippen molar-refractivity contribution in [3.63, 3.8) is 0 Å². The molecule has 0 N–H and O–H groups in total. The molecule has 1 fully saturated rings. The average Bonchev–Trinajstić information content (AvgIpc) is 3.07. The number of rotatable bonds is 3. The van der Waals surface area contributed by atoms with Gasteiger partial charge in [0, 0.05) is 31.9 Å². The highest BCUT2D eigenvalue weighted by Gasteiger charge is 2.15. The number of aromatic nitrogens is 5. The Bertz CT molecular complexity index is 1320. The molecule has 0 amide bonds. The summed E-state index contributed by atoms with van der Waals surface area (Å²) in [7, 11) is 2.15. The first-order chi connectivity index (χ1) is 15.0. The smallest absolute Gasteiger partial charge is 0.258 e. The molecule has 0 spiro atoms. The SMILES string of the molecule is CCc1nc(C)cn2nc(-c3cc(=O)n4cc(N5CCCN(C)CC5)ccc4n3)cc12. The summed E-state index contributed by atoms with van der Waals surface area (Å²) in [5.74, 6) is 0. The first-order valence-corrected chi connectivity index (χ1v) is 10.8. The Morgan fingerprint density at radius 2 is 1.87 bits per heavy atom. The maximum absolute atomic E-state index is 13.0. The van der Waals surface area contributed by atoms with Crippen molar-refractivity contribution in [1.82, 2.24) is 28.9 Å². The van der Waals surface area contributed by atoms with Crippen LogP contribution in [0, 0.1) is 6.92 Å². The average molecular weight is 418 g/mol. The Labute approximate surface area is 180 Å². The predicted octanol–water partition coefficient (Wildman–Crippen LogP) is 2.42. The van der Waals surface area contributed by atoms with Crippen LogP contribution in [0.4, 0.5) is 5.69 Å². The highest BCUT2D eigenvalue weighted by atomic mass is 16.1. The van der Waals surface area contributed by atoms with Crippen LogP contribution in [0.3, 0.4) is 0 Å². The van der Waals surface area contributed by atoms with Gasteiger partial charge in [-0.1, -0.05) is 6.92 Å². The number of anilines is 1. The van der Waals surface area contributed by atoms with E-state index in [1.165, 1.54) is 0 Å². The Morgan fingerprint density at radius 3 is 2.71 bits per heavy atom. The normalized spacial score (nSPS) is 15.6. The van der Waals surface area contributed by atoms with Gasteiger partial charge in [0.15, 0.2) is 0 Å².